The number of rotatable bonds is 3. The van der Waals surface area contributed by atoms with Crippen molar-refractivity contribution in [3.05, 3.63) is 30.1 Å². The van der Waals surface area contributed by atoms with E-state index in [4.69, 9.17) is 16.2 Å². The van der Waals surface area contributed by atoms with Crippen LogP contribution in [0.3, 0.4) is 0 Å². The van der Waals surface area contributed by atoms with Crippen molar-refractivity contribution in [2.45, 2.75) is 0 Å². The van der Waals surface area contributed by atoms with Gasteiger partial charge in [0.1, 0.15) is 12.1 Å². The van der Waals surface area contributed by atoms with E-state index in [1.807, 2.05) is 0 Å². The van der Waals surface area contributed by atoms with Crippen LogP contribution in [0.15, 0.2) is 24.5 Å². The van der Waals surface area contributed by atoms with E-state index in [1.165, 1.54) is 17.1 Å². The lowest BCUT2D eigenvalue weighted by Gasteiger charge is -2.05. The van der Waals surface area contributed by atoms with Crippen molar-refractivity contribution < 1.29 is 9.53 Å². The molecule has 7 heteroatoms. The molecule has 2 aromatic rings. The molecular weight excluding hydrogens is 222 g/mol. The number of nitrogen functional groups attached to an aromatic ring is 1. The average Bonchev–Trinajstić information content (AvgIpc) is 2.66. The molecule has 1 aromatic carbocycles. The molecule has 0 bridgehead atoms. The quantitative estimate of drug-likeness (QED) is 0.740. The van der Waals surface area contributed by atoms with E-state index in [-0.39, 0.29) is 11.6 Å². The van der Waals surface area contributed by atoms with Crippen LogP contribution >= 0.6 is 0 Å². The summed E-state index contributed by atoms with van der Waals surface area (Å²) in [6.45, 7) is 0. The lowest BCUT2D eigenvalue weighted by Crippen LogP contribution is -2.13. The first kappa shape index (κ1) is 10.9. The monoisotopic (exact) mass is 233 g/mol. The number of carbonyl (C=O) groups excluding carboxylic acids is 1. The van der Waals surface area contributed by atoms with Crippen LogP contribution in [0.2, 0.25) is 0 Å². The zero-order valence-corrected chi connectivity index (χ0v) is 9.12. The van der Waals surface area contributed by atoms with Gasteiger partial charge in [0.25, 0.3) is 5.91 Å². The van der Waals surface area contributed by atoms with Crippen molar-refractivity contribution in [2.24, 2.45) is 12.8 Å². The predicted molar refractivity (Wildman–Crippen MR) is 60.4 cm³/mol. The van der Waals surface area contributed by atoms with E-state index in [0.717, 1.165) is 0 Å². The summed E-state index contributed by atoms with van der Waals surface area (Å²) in [6.07, 6.45) is 1.50. The van der Waals surface area contributed by atoms with E-state index < -0.39 is 5.91 Å². The molecule has 1 amide bonds. The van der Waals surface area contributed by atoms with Gasteiger partial charge in [-0.2, -0.15) is 4.98 Å². The van der Waals surface area contributed by atoms with Crippen LogP contribution in [0.4, 0.5) is 5.69 Å². The second-order valence-corrected chi connectivity index (χ2v) is 3.42. The Bertz CT molecular complexity index is 564. The van der Waals surface area contributed by atoms with E-state index in [9.17, 15) is 4.79 Å². The highest BCUT2D eigenvalue weighted by Crippen LogP contribution is 2.22. The molecule has 0 aliphatic carbocycles. The van der Waals surface area contributed by atoms with Crippen molar-refractivity contribution in [1.82, 2.24) is 14.8 Å². The fourth-order valence-corrected chi connectivity index (χ4v) is 1.28. The number of nitrogens with zero attached hydrogens (tertiary/aromatic N) is 3. The van der Waals surface area contributed by atoms with Crippen LogP contribution in [0, 0.1) is 0 Å². The smallest absolute Gasteiger partial charge is 0.340 e. The highest BCUT2D eigenvalue weighted by Gasteiger charge is 2.09. The second kappa shape index (κ2) is 4.12. The first-order chi connectivity index (χ1) is 8.06. The first-order valence-electron chi connectivity index (χ1n) is 4.79. The maximum absolute atomic E-state index is 11.1. The molecule has 7 nitrogen and oxygen atoms in total. The number of nitrogens with two attached hydrogens (primary N) is 2. The molecule has 2 rings (SSSR count). The van der Waals surface area contributed by atoms with Crippen molar-refractivity contribution >= 4 is 11.6 Å². The normalized spacial score (nSPS) is 10.2. The molecule has 0 fully saturated rings. The van der Waals surface area contributed by atoms with Crippen LogP contribution in [0.5, 0.6) is 11.8 Å². The number of amides is 1. The summed E-state index contributed by atoms with van der Waals surface area (Å²) in [5.74, 6) is -0.207. The highest BCUT2D eigenvalue weighted by atomic mass is 16.5. The summed E-state index contributed by atoms with van der Waals surface area (Å²) >= 11 is 0. The SMILES string of the molecule is Cn1cnc(Oc2ccc(N)c(C(N)=O)c2)n1. The fraction of sp³-hybridized carbons (Fsp3) is 0.100. The molecule has 0 saturated carbocycles. The van der Waals surface area contributed by atoms with Crippen molar-refractivity contribution in [3.8, 4) is 11.8 Å². The van der Waals surface area contributed by atoms with Crippen LogP contribution in [0.25, 0.3) is 0 Å². The van der Waals surface area contributed by atoms with Crippen molar-refractivity contribution in [2.75, 3.05) is 5.73 Å². The molecule has 0 spiro atoms. The highest BCUT2D eigenvalue weighted by molar-refractivity contribution is 5.98. The van der Waals surface area contributed by atoms with E-state index in [0.29, 0.717) is 11.4 Å². The van der Waals surface area contributed by atoms with E-state index in [2.05, 4.69) is 10.1 Å². The van der Waals surface area contributed by atoms with Gasteiger partial charge in [-0.15, -0.1) is 5.10 Å². The summed E-state index contributed by atoms with van der Waals surface area (Å²) < 4.78 is 6.84. The van der Waals surface area contributed by atoms with Gasteiger partial charge >= 0.3 is 6.01 Å². The molecule has 0 radical (unpaired) electrons. The molecule has 0 saturated heterocycles. The maximum atomic E-state index is 11.1. The van der Waals surface area contributed by atoms with Gasteiger partial charge in [0.05, 0.1) is 5.56 Å². The minimum Gasteiger partial charge on any atom is -0.423 e. The maximum Gasteiger partial charge on any atom is 0.340 e. The molecular formula is C10H11N5O2. The third-order valence-electron chi connectivity index (χ3n) is 2.08. The summed E-state index contributed by atoms with van der Waals surface area (Å²) in [6, 6.07) is 4.79. The third kappa shape index (κ3) is 2.33. The van der Waals surface area contributed by atoms with Crippen LogP contribution in [0.1, 0.15) is 10.4 Å². The Hall–Kier alpha value is -2.57. The molecule has 88 valence electrons. The molecule has 4 N–H and O–H groups in total. The lowest BCUT2D eigenvalue weighted by atomic mass is 10.1. The Morgan fingerprint density at radius 2 is 2.24 bits per heavy atom. The van der Waals surface area contributed by atoms with E-state index >= 15 is 0 Å². The number of hydrogen-bond acceptors (Lipinski definition) is 5. The van der Waals surface area contributed by atoms with Gasteiger partial charge in [0.2, 0.25) is 0 Å². The van der Waals surface area contributed by atoms with Crippen LogP contribution in [-0.2, 0) is 7.05 Å². The van der Waals surface area contributed by atoms with Gasteiger partial charge in [0, 0.05) is 12.7 Å². The summed E-state index contributed by atoms with van der Waals surface area (Å²) in [5.41, 5.74) is 11.3. The number of primary amides is 1. The molecule has 0 aliphatic rings. The number of benzene rings is 1. The lowest BCUT2D eigenvalue weighted by molar-refractivity contribution is 0.100. The number of hydrogen-bond donors (Lipinski definition) is 2. The number of aryl methyl sites for hydroxylation is 1. The van der Waals surface area contributed by atoms with Gasteiger partial charge in [-0.1, -0.05) is 0 Å². The summed E-state index contributed by atoms with van der Waals surface area (Å²) in [4.78, 5) is 15.0. The number of ether oxygens (including phenoxy) is 1. The second-order valence-electron chi connectivity index (χ2n) is 3.42. The Morgan fingerprint density at radius 3 is 2.82 bits per heavy atom. The minimum absolute atomic E-state index is 0.188. The predicted octanol–water partition coefficient (Wildman–Crippen LogP) is 0.288. The van der Waals surface area contributed by atoms with Crippen molar-refractivity contribution in [3.63, 3.8) is 0 Å². The Kier molecular flexibility index (Phi) is 2.65. The Labute approximate surface area is 97.0 Å². The number of aromatic nitrogens is 3. The van der Waals surface area contributed by atoms with Gasteiger partial charge in [-0.25, -0.2) is 0 Å². The minimum atomic E-state index is -0.609. The zero-order chi connectivity index (χ0) is 12.4. The zero-order valence-electron chi connectivity index (χ0n) is 9.12. The van der Waals surface area contributed by atoms with Gasteiger partial charge < -0.3 is 16.2 Å². The summed E-state index contributed by atoms with van der Waals surface area (Å²) in [7, 11) is 1.72. The van der Waals surface area contributed by atoms with Crippen LogP contribution < -0.4 is 16.2 Å². The Balaban J connectivity index is 2.28. The van der Waals surface area contributed by atoms with E-state index in [1.54, 1.807) is 19.2 Å². The van der Waals surface area contributed by atoms with Crippen molar-refractivity contribution in [1.29, 1.82) is 0 Å². The molecule has 0 aliphatic heterocycles. The molecule has 0 atom stereocenters. The van der Waals surface area contributed by atoms with Crippen LogP contribution in [-0.4, -0.2) is 20.7 Å². The van der Waals surface area contributed by atoms with Gasteiger partial charge in [-0.05, 0) is 18.2 Å². The van der Waals surface area contributed by atoms with Gasteiger partial charge in [0.15, 0.2) is 0 Å². The topological polar surface area (TPSA) is 109 Å². The van der Waals surface area contributed by atoms with Gasteiger partial charge in [-0.3, -0.25) is 9.48 Å². The number of carbonyl (C=O) groups is 1. The molecule has 0 unspecified atom stereocenters. The standard InChI is InChI=1S/C10H11N5O2/c1-15-5-13-10(14-15)17-6-2-3-8(11)7(4-6)9(12)16/h2-5H,11H2,1H3,(H2,12,16). The summed E-state index contributed by atoms with van der Waals surface area (Å²) in [5, 5.41) is 3.94. The molecule has 1 heterocycles. The number of anilines is 1. The molecule has 1 aromatic heterocycles. The average molecular weight is 233 g/mol. The largest absolute Gasteiger partial charge is 0.423 e. The third-order valence-corrected chi connectivity index (χ3v) is 2.08. The molecule has 17 heavy (non-hydrogen) atoms. The fourth-order valence-electron chi connectivity index (χ4n) is 1.28. The first-order valence-corrected chi connectivity index (χ1v) is 4.79. The Morgan fingerprint density at radius 1 is 1.47 bits per heavy atom.